The lowest BCUT2D eigenvalue weighted by molar-refractivity contribution is -0.136. The summed E-state index contributed by atoms with van der Waals surface area (Å²) in [6.07, 6.45) is 5.17. The Morgan fingerprint density at radius 1 is 1.29 bits per heavy atom. The number of ether oxygens (including phenoxy) is 2. The van der Waals surface area contributed by atoms with Gasteiger partial charge in [0.05, 0.1) is 18.2 Å². The standard InChI is InChI=1S/C16H23BrO4/c1-3-4-5-6-9-21-16-13(17)10-12(7-8-15(18)19)11-14(16)20-2/h10-11H,3-9H2,1-2H3,(H,18,19). The molecule has 4 nitrogen and oxygen atoms in total. The fourth-order valence-corrected chi connectivity index (χ4v) is 2.62. The molecule has 0 unspecified atom stereocenters. The van der Waals surface area contributed by atoms with Crippen LogP contribution in [0.15, 0.2) is 16.6 Å². The highest BCUT2D eigenvalue weighted by Crippen LogP contribution is 2.37. The van der Waals surface area contributed by atoms with Crippen molar-refractivity contribution in [3.05, 3.63) is 22.2 Å². The second-order valence-electron chi connectivity index (χ2n) is 4.91. The average Bonchev–Trinajstić information content (AvgIpc) is 2.46. The van der Waals surface area contributed by atoms with Gasteiger partial charge < -0.3 is 14.6 Å². The molecule has 0 amide bonds. The largest absolute Gasteiger partial charge is 0.493 e. The Bertz CT molecular complexity index is 460. The molecule has 118 valence electrons. The van der Waals surface area contributed by atoms with Crippen molar-refractivity contribution >= 4 is 21.9 Å². The minimum Gasteiger partial charge on any atom is -0.493 e. The fourth-order valence-electron chi connectivity index (χ4n) is 2.01. The van der Waals surface area contributed by atoms with Crippen molar-refractivity contribution in [2.24, 2.45) is 0 Å². The maximum atomic E-state index is 10.6. The van der Waals surface area contributed by atoms with E-state index >= 15 is 0 Å². The van der Waals surface area contributed by atoms with Crippen molar-refractivity contribution < 1.29 is 19.4 Å². The van der Waals surface area contributed by atoms with Crippen LogP contribution in [0.1, 0.15) is 44.6 Å². The summed E-state index contributed by atoms with van der Waals surface area (Å²) in [6, 6.07) is 3.74. The van der Waals surface area contributed by atoms with Gasteiger partial charge in [-0.05, 0) is 46.5 Å². The molecule has 0 bridgehead atoms. The summed E-state index contributed by atoms with van der Waals surface area (Å²) in [6.45, 7) is 2.83. The van der Waals surface area contributed by atoms with Gasteiger partial charge in [-0.25, -0.2) is 0 Å². The van der Waals surface area contributed by atoms with E-state index in [2.05, 4.69) is 22.9 Å². The van der Waals surface area contributed by atoms with Crippen LogP contribution < -0.4 is 9.47 Å². The number of benzene rings is 1. The summed E-state index contributed by atoms with van der Waals surface area (Å²) in [5, 5.41) is 8.74. The number of carboxylic acids is 1. The van der Waals surface area contributed by atoms with Crippen LogP contribution in [0.2, 0.25) is 0 Å². The third-order valence-corrected chi connectivity index (χ3v) is 3.75. The molecule has 0 spiro atoms. The Morgan fingerprint density at radius 3 is 2.67 bits per heavy atom. The maximum absolute atomic E-state index is 10.6. The van der Waals surface area contributed by atoms with Crippen molar-refractivity contribution in [3.8, 4) is 11.5 Å². The predicted molar refractivity (Wildman–Crippen MR) is 86.3 cm³/mol. The monoisotopic (exact) mass is 358 g/mol. The number of hydrogen-bond acceptors (Lipinski definition) is 3. The molecule has 0 radical (unpaired) electrons. The van der Waals surface area contributed by atoms with Gasteiger partial charge in [0.25, 0.3) is 0 Å². The molecule has 1 aromatic rings. The van der Waals surface area contributed by atoms with Crippen molar-refractivity contribution in [1.82, 2.24) is 0 Å². The van der Waals surface area contributed by atoms with Crippen LogP contribution in [0.25, 0.3) is 0 Å². The van der Waals surface area contributed by atoms with E-state index in [9.17, 15) is 4.79 Å². The van der Waals surface area contributed by atoms with Crippen LogP contribution >= 0.6 is 15.9 Å². The van der Waals surface area contributed by atoms with E-state index in [-0.39, 0.29) is 6.42 Å². The first-order chi connectivity index (χ1) is 10.1. The quantitative estimate of drug-likeness (QED) is 0.628. The molecule has 0 atom stereocenters. The lowest BCUT2D eigenvalue weighted by atomic mass is 10.1. The van der Waals surface area contributed by atoms with Crippen LogP contribution in [0.4, 0.5) is 0 Å². The van der Waals surface area contributed by atoms with Gasteiger partial charge in [-0.15, -0.1) is 0 Å². The van der Waals surface area contributed by atoms with Crippen molar-refractivity contribution in [2.75, 3.05) is 13.7 Å². The van der Waals surface area contributed by atoms with Gasteiger partial charge in [0.1, 0.15) is 0 Å². The van der Waals surface area contributed by atoms with Crippen LogP contribution in [-0.2, 0) is 11.2 Å². The number of aryl methyl sites for hydroxylation is 1. The van der Waals surface area contributed by atoms with Crippen molar-refractivity contribution in [2.45, 2.75) is 45.4 Å². The molecule has 1 rings (SSSR count). The number of aliphatic carboxylic acids is 1. The second-order valence-corrected chi connectivity index (χ2v) is 5.77. The van der Waals surface area contributed by atoms with Crippen LogP contribution in [0.5, 0.6) is 11.5 Å². The Balaban J connectivity index is 2.68. The van der Waals surface area contributed by atoms with E-state index in [1.165, 1.54) is 12.8 Å². The molecule has 0 aliphatic carbocycles. The highest BCUT2D eigenvalue weighted by atomic mass is 79.9. The maximum Gasteiger partial charge on any atom is 0.303 e. The molecular formula is C16H23BrO4. The normalized spacial score (nSPS) is 10.4. The lowest BCUT2D eigenvalue weighted by Crippen LogP contribution is -2.02. The first-order valence-electron chi connectivity index (χ1n) is 7.29. The summed E-state index contributed by atoms with van der Waals surface area (Å²) in [5.41, 5.74) is 0.916. The molecule has 0 saturated heterocycles. The molecule has 21 heavy (non-hydrogen) atoms. The minimum absolute atomic E-state index is 0.104. The highest BCUT2D eigenvalue weighted by molar-refractivity contribution is 9.10. The summed E-state index contributed by atoms with van der Waals surface area (Å²) in [4.78, 5) is 10.6. The van der Waals surface area contributed by atoms with E-state index in [1.807, 2.05) is 12.1 Å². The van der Waals surface area contributed by atoms with Gasteiger partial charge in [-0.1, -0.05) is 26.2 Å². The van der Waals surface area contributed by atoms with Crippen LogP contribution in [0.3, 0.4) is 0 Å². The van der Waals surface area contributed by atoms with E-state index < -0.39 is 5.97 Å². The average molecular weight is 359 g/mol. The molecule has 0 aromatic heterocycles. The Hall–Kier alpha value is -1.23. The number of rotatable bonds is 10. The predicted octanol–water partition coefficient (Wildman–Crippen LogP) is 4.43. The van der Waals surface area contributed by atoms with E-state index in [0.29, 0.717) is 24.5 Å². The third kappa shape index (κ3) is 6.38. The summed E-state index contributed by atoms with van der Waals surface area (Å²) in [7, 11) is 1.59. The Morgan fingerprint density at radius 2 is 2.05 bits per heavy atom. The lowest BCUT2D eigenvalue weighted by Gasteiger charge is -2.14. The third-order valence-electron chi connectivity index (χ3n) is 3.16. The molecule has 5 heteroatoms. The van der Waals surface area contributed by atoms with Crippen LogP contribution in [0, 0.1) is 0 Å². The molecule has 0 heterocycles. The molecule has 1 aromatic carbocycles. The second kappa shape index (κ2) is 9.66. The van der Waals surface area contributed by atoms with Gasteiger partial charge >= 0.3 is 5.97 Å². The SMILES string of the molecule is CCCCCCOc1c(Br)cc(CCC(=O)O)cc1OC. The number of carboxylic acid groups (broad SMARTS) is 1. The number of unbranched alkanes of at least 4 members (excludes halogenated alkanes) is 3. The van der Waals surface area contributed by atoms with Gasteiger partial charge in [-0.2, -0.15) is 0 Å². The smallest absolute Gasteiger partial charge is 0.303 e. The topological polar surface area (TPSA) is 55.8 Å². The summed E-state index contributed by atoms with van der Waals surface area (Å²) >= 11 is 3.48. The van der Waals surface area contributed by atoms with Gasteiger partial charge in [0.15, 0.2) is 11.5 Å². The molecule has 0 saturated carbocycles. The Labute approximate surface area is 134 Å². The number of hydrogen-bond donors (Lipinski definition) is 1. The first-order valence-corrected chi connectivity index (χ1v) is 8.08. The zero-order valence-corrected chi connectivity index (χ0v) is 14.2. The zero-order valence-electron chi connectivity index (χ0n) is 12.7. The molecule has 0 fully saturated rings. The van der Waals surface area contributed by atoms with Crippen LogP contribution in [-0.4, -0.2) is 24.8 Å². The van der Waals surface area contributed by atoms with E-state index in [1.54, 1.807) is 7.11 Å². The van der Waals surface area contributed by atoms with Crippen molar-refractivity contribution in [1.29, 1.82) is 0 Å². The summed E-state index contributed by atoms with van der Waals surface area (Å²) in [5.74, 6) is 0.523. The van der Waals surface area contributed by atoms with E-state index in [4.69, 9.17) is 14.6 Å². The molecular weight excluding hydrogens is 336 g/mol. The summed E-state index contributed by atoms with van der Waals surface area (Å²) < 4.78 is 12.0. The fraction of sp³-hybridized carbons (Fsp3) is 0.562. The molecule has 1 N–H and O–H groups in total. The van der Waals surface area contributed by atoms with E-state index in [0.717, 1.165) is 22.9 Å². The van der Waals surface area contributed by atoms with Gasteiger partial charge in [0, 0.05) is 6.42 Å². The zero-order chi connectivity index (χ0) is 15.7. The Kier molecular flexibility index (Phi) is 8.20. The first kappa shape index (κ1) is 17.8. The minimum atomic E-state index is -0.804. The van der Waals surface area contributed by atoms with Gasteiger partial charge in [-0.3, -0.25) is 4.79 Å². The molecule has 0 aliphatic heterocycles. The number of halogens is 1. The number of carbonyl (C=O) groups is 1. The highest BCUT2D eigenvalue weighted by Gasteiger charge is 2.12. The van der Waals surface area contributed by atoms with Gasteiger partial charge in [0.2, 0.25) is 0 Å². The number of methoxy groups -OCH3 is 1. The molecule has 0 aliphatic rings. The van der Waals surface area contributed by atoms with Crippen molar-refractivity contribution in [3.63, 3.8) is 0 Å².